The lowest BCUT2D eigenvalue weighted by Gasteiger charge is -2.34. The maximum atomic E-state index is 13.0. The molecule has 4 rings (SSSR count). The molecule has 2 fully saturated rings. The Morgan fingerprint density at radius 1 is 1.00 bits per heavy atom. The lowest BCUT2D eigenvalue weighted by Crippen LogP contribution is -2.46. The van der Waals surface area contributed by atoms with Crippen LogP contribution in [-0.2, 0) is 4.79 Å². The number of hydrogen-bond donors (Lipinski definition) is 1. The molecule has 1 N–H and O–H groups in total. The summed E-state index contributed by atoms with van der Waals surface area (Å²) in [5, 5.41) is 9.39. The number of piperidine rings is 1. The van der Waals surface area contributed by atoms with E-state index in [1.165, 1.54) is 35.2 Å². The fraction of sp³-hybridized carbons (Fsp3) is 0.391. The maximum Gasteiger partial charge on any atom is 0.573 e. The van der Waals surface area contributed by atoms with Crippen molar-refractivity contribution in [3.63, 3.8) is 0 Å². The normalized spacial score (nSPS) is 20.5. The number of ketones is 1. The first-order chi connectivity index (χ1) is 15.2. The molecule has 6 nitrogen and oxygen atoms in total. The lowest BCUT2D eigenvalue weighted by atomic mass is 9.88. The molecule has 2 aromatic carbocycles. The molecular formula is C23H23F3N2O4. The highest BCUT2D eigenvalue weighted by Crippen LogP contribution is 2.32. The SMILES string of the molecule is O=C(c1ccc(O)cc1)C1CCN([C@@H]2CCN(c3cccc(OC(F)(F)F)c3)C2=O)CC1. The number of Topliss-reactive ketones (excluding diaryl/α,β-unsaturated/α-hetero) is 1. The van der Waals surface area contributed by atoms with E-state index in [1.807, 2.05) is 0 Å². The molecule has 2 aliphatic rings. The van der Waals surface area contributed by atoms with Crippen molar-refractivity contribution in [1.29, 1.82) is 0 Å². The Bertz CT molecular complexity index is 985. The van der Waals surface area contributed by atoms with Crippen LogP contribution in [0.4, 0.5) is 18.9 Å². The molecule has 0 spiro atoms. The number of halogens is 3. The van der Waals surface area contributed by atoms with Crippen LogP contribution in [0, 0.1) is 5.92 Å². The molecule has 0 radical (unpaired) electrons. The highest BCUT2D eigenvalue weighted by Gasteiger charge is 2.39. The van der Waals surface area contributed by atoms with Gasteiger partial charge in [0.25, 0.3) is 0 Å². The van der Waals surface area contributed by atoms with Gasteiger partial charge in [0.1, 0.15) is 11.5 Å². The first-order valence-corrected chi connectivity index (χ1v) is 10.5. The third kappa shape index (κ3) is 4.88. The number of nitrogens with zero attached hydrogens (tertiary/aromatic N) is 2. The summed E-state index contributed by atoms with van der Waals surface area (Å²) in [4.78, 5) is 29.2. The summed E-state index contributed by atoms with van der Waals surface area (Å²) in [6.45, 7) is 1.59. The highest BCUT2D eigenvalue weighted by molar-refractivity contribution is 6.00. The Morgan fingerprint density at radius 2 is 1.69 bits per heavy atom. The number of phenols is 1. The molecular weight excluding hydrogens is 425 g/mol. The van der Waals surface area contributed by atoms with Gasteiger partial charge in [0, 0.05) is 29.8 Å². The van der Waals surface area contributed by atoms with Crippen molar-refractivity contribution in [2.24, 2.45) is 5.92 Å². The van der Waals surface area contributed by atoms with E-state index >= 15 is 0 Å². The molecule has 1 atom stereocenters. The van der Waals surface area contributed by atoms with Gasteiger partial charge in [-0.3, -0.25) is 14.5 Å². The van der Waals surface area contributed by atoms with Crippen LogP contribution in [0.1, 0.15) is 29.6 Å². The molecule has 1 amide bonds. The maximum absolute atomic E-state index is 13.0. The Morgan fingerprint density at radius 3 is 2.34 bits per heavy atom. The van der Waals surface area contributed by atoms with Crippen LogP contribution in [0.25, 0.3) is 0 Å². The third-order valence-electron chi connectivity index (χ3n) is 6.03. The number of amides is 1. The zero-order valence-corrected chi connectivity index (χ0v) is 17.2. The molecule has 0 saturated carbocycles. The second kappa shape index (κ2) is 8.82. The summed E-state index contributed by atoms with van der Waals surface area (Å²) >= 11 is 0. The number of ether oxygens (including phenoxy) is 1. The fourth-order valence-electron chi connectivity index (χ4n) is 4.44. The van der Waals surface area contributed by atoms with Crippen LogP contribution in [0.2, 0.25) is 0 Å². The number of anilines is 1. The van der Waals surface area contributed by atoms with E-state index in [-0.39, 0.29) is 35.1 Å². The Labute approximate surface area is 183 Å². The van der Waals surface area contributed by atoms with Gasteiger partial charge >= 0.3 is 6.36 Å². The third-order valence-corrected chi connectivity index (χ3v) is 6.03. The minimum Gasteiger partial charge on any atom is -0.508 e. The van der Waals surface area contributed by atoms with Gasteiger partial charge < -0.3 is 14.7 Å². The van der Waals surface area contributed by atoms with Crippen molar-refractivity contribution in [3.05, 3.63) is 54.1 Å². The van der Waals surface area contributed by atoms with Crippen LogP contribution in [0.5, 0.6) is 11.5 Å². The monoisotopic (exact) mass is 448 g/mol. The van der Waals surface area contributed by atoms with Gasteiger partial charge in [0.15, 0.2) is 5.78 Å². The molecule has 32 heavy (non-hydrogen) atoms. The van der Waals surface area contributed by atoms with Gasteiger partial charge in [0.05, 0.1) is 6.04 Å². The van der Waals surface area contributed by atoms with Crippen LogP contribution in [-0.4, -0.2) is 53.7 Å². The molecule has 0 aliphatic carbocycles. The van der Waals surface area contributed by atoms with Gasteiger partial charge in [-0.05, 0) is 68.8 Å². The first-order valence-electron chi connectivity index (χ1n) is 10.5. The quantitative estimate of drug-likeness (QED) is 0.701. The second-order valence-electron chi connectivity index (χ2n) is 8.06. The molecule has 9 heteroatoms. The van der Waals surface area contributed by atoms with Crippen LogP contribution in [0.3, 0.4) is 0 Å². The predicted octanol–water partition coefficient (Wildman–Crippen LogP) is 3.99. The average Bonchev–Trinajstić information content (AvgIpc) is 3.14. The highest BCUT2D eigenvalue weighted by atomic mass is 19.4. The van der Waals surface area contributed by atoms with E-state index in [9.17, 15) is 27.9 Å². The number of hydrogen-bond acceptors (Lipinski definition) is 5. The van der Waals surface area contributed by atoms with Crippen LogP contribution >= 0.6 is 0 Å². The van der Waals surface area contributed by atoms with Gasteiger partial charge in [-0.25, -0.2) is 0 Å². The summed E-state index contributed by atoms with van der Waals surface area (Å²) in [5.74, 6) is -0.515. The largest absolute Gasteiger partial charge is 0.573 e. The predicted molar refractivity (Wildman–Crippen MR) is 111 cm³/mol. The van der Waals surface area contributed by atoms with Crippen molar-refractivity contribution in [3.8, 4) is 11.5 Å². The molecule has 0 aromatic heterocycles. The van der Waals surface area contributed by atoms with Crippen molar-refractivity contribution in [1.82, 2.24) is 4.90 Å². The number of phenolic OH excluding ortho intramolecular Hbond substituents is 1. The molecule has 2 aromatic rings. The molecule has 0 bridgehead atoms. The van der Waals surface area contributed by atoms with E-state index in [1.54, 1.807) is 18.2 Å². The summed E-state index contributed by atoms with van der Waals surface area (Å²) in [7, 11) is 0. The molecule has 170 valence electrons. The van der Waals surface area contributed by atoms with Crippen LogP contribution in [0.15, 0.2) is 48.5 Å². The zero-order chi connectivity index (χ0) is 22.9. The van der Waals surface area contributed by atoms with E-state index in [0.29, 0.717) is 50.1 Å². The number of aromatic hydroxyl groups is 1. The smallest absolute Gasteiger partial charge is 0.508 e. The number of carbonyl (C=O) groups is 2. The molecule has 0 unspecified atom stereocenters. The first kappa shape index (κ1) is 22.1. The number of alkyl halides is 3. The van der Waals surface area contributed by atoms with E-state index < -0.39 is 6.36 Å². The van der Waals surface area contributed by atoms with E-state index in [2.05, 4.69) is 9.64 Å². The standard InChI is InChI=1S/C23H23F3N2O4/c24-23(25,26)32-19-3-1-2-17(14-19)28-13-10-20(22(28)31)27-11-8-16(9-12-27)21(30)15-4-6-18(29)7-5-15/h1-7,14,16,20,29H,8-13H2/t20-/m1/s1. The minimum absolute atomic E-state index is 0.0329. The van der Waals surface area contributed by atoms with Gasteiger partial charge in [0.2, 0.25) is 5.91 Å². The minimum atomic E-state index is -4.79. The van der Waals surface area contributed by atoms with Crippen LogP contribution < -0.4 is 9.64 Å². The fourth-order valence-corrected chi connectivity index (χ4v) is 4.44. The Balaban J connectivity index is 1.36. The number of benzene rings is 2. The van der Waals surface area contributed by atoms with Crippen molar-refractivity contribution in [2.75, 3.05) is 24.5 Å². The lowest BCUT2D eigenvalue weighted by molar-refractivity contribution is -0.274. The topological polar surface area (TPSA) is 70.1 Å². The van der Waals surface area contributed by atoms with Crippen molar-refractivity contribution < 1.29 is 32.6 Å². The number of rotatable bonds is 5. The van der Waals surface area contributed by atoms with Gasteiger partial charge in [-0.2, -0.15) is 0 Å². The second-order valence-corrected chi connectivity index (χ2v) is 8.06. The molecule has 2 heterocycles. The van der Waals surface area contributed by atoms with Crippen molar-refractivity contribution in [2.45, 2.75) is 31.7 Å². The Hall–Kier alpha value is -3.07. The van der Waals surface area contributed by atoms with Crippen molar-refractivity contribution >= 4 is 17.4 Å². The van der Waals surface area contributed by atoms with E-state index in [0.717, 1.165) is 0 Å². The Kier molecular flexibility index (Phi) is 6.10. The van der Waals surface area contributed by atoms with Gasteiger partial charge in [-0.15, -0.1) is 13.2 Å². The molecule has 2 saturated heterocycles. The van der Waals surface area contributed by atoms with E-state index in [4.69, 9.17) is 0 Å². The zero-order valence-electron chi connectivity index (χ0n) is 17.2. The molecule has 2 aliphatic heterocycles. The summed E-state index contributed by atoms with van der Waals surface area (Å²) in [6.07, 6.45) is -2.98. The number of likely N-dealkylation sites (tertiary alicyclic amines) is 1. The summed E-state index contributed by atoms with van der Waals surface area (Å²) in [6, 6.07) is 11.3. The number of carbonyl (C=O) groups excluding carboxylic acids is 2. The average molecular weight is 448 g/mol. The van der Waals surface area contributed by atoms with Gasteiger partial charge in [-0.1, -0.05) is 6.07 Å². The summed E-state index contributed by atoms with van der Waals surface area (Å²) < 4.78 is 41.5. The summed E-state index contributed by atoms with van der Waals surface area (Å²) in [5.41, 5.74) is 0.932.